The molecule has 0 heterocycles. The fourth-order valence-electron chi connectivity index (χ4n) is 2.48. The number of benzene rings is 1. The van der Waals surface area contributed by atoms with Crippen LogP contribution in [0.1, 0.15) is 25.3 Å². The zero-order valence-corrected chi connectivity index (χ0v) is 15.3. The van der Waals surface area contributed by atoms with Crippen molar-refractivity contribution in [3.8, 4) is 11.5 Å². The largest absolute Gasteiger partial charge is 0.493 e. The summed E-state index contributed by atoms with van der Waals surface area (Å²) in [5.41, 5.74) is 3.57. The van der Waals surface area contributed by atoms with E-state index in [1.807, 2.05) is 26.1 Å². The lowest BCUT2D eigenvalue weighted by atomic mass is 10.1. The average Bonchev–Trinajstić information content (AvgIpc) is 2.55. The quantitative estimate of drug-likeness (QED) is 0.371. The van der Waals surface area contributed by atoms with Gasteiger partial charge in [-0.1, -0.05) is 0 Å². The molecule has 0 aliphatic carbocycles. The molecule has 1 aromatic rings. The minimum absolute atomic E-state index is 0.151. The van der Waals surface area contributed by atoms with Crippen molar-refractivity contribution in [2.45, 2.75) is 26.3 Å². The van der Waals surface area contributed by atoms with Crippen LogP contribution < -0.4 is 15.0 Å². The minimum atomic E-state index is -0.151. The average molecular weight is 341 g/mol. The van der Waals surface area contributed by atoms with E-state index in [9.17, 15) is 4.79 Å². The molecule has 1 aromatic carbocycles. The smallest absolute Gasteiger partial charge is 0.305 e. The summed E-state index contributed by atoms with van der Waals surface area (Å²) in [6.45, 7) is 3.69. The molecule has 0 saturated carbocycles. The standard InChI is InChI=1S/C17H28N2O5/c1-6-24-16(20)8-7-9-19(2)12-13-10-14(18-23-5)11-15(21-3)17(13)22-4/h10-11,18H,6-9,12H2,1-5H3/p+1. The van der Waals surface area contributed by atoms with E-state index in [1.165, 1.54) is 0 Å². The first-order valence-electron chi connectivity index (χ1n) is 8.00. The lowest BCUT2D eigenvalue weighted by molar-refractivity contribution is -0.830. The van der Waals surface area contributed by atoms with Gasteiger partial charge in [-0.2, -0.15) is 5.48 Å². The summed E-state index contributed by atoms with van der Waals surface area (Å²) in [5.74, 6) is 1.23. The Morgan fingerprint density at radius 1 is 1.21 bits per heavy atom. The number of nitrogens with zero attached hydrogens (tertiary/aromatic N) is 1. The maximum Gasteiger partial charge on any atom is 0.305 e. The van der Waals surface area contributed by atoms with Crippen LogP contribution in [0.25, 0.3) is 0 Å². The summed E-state index contributed by atoms with van der Waals surface area (Å²) < 4.78 is 15.8. The Kier molecular flexibility index (Phi) is 9.14. The van der Waals surface area contributed by atoms with Crippen molar-refractivity contribution in [2.75, 3.05) is 41.5 Å². The van der Waals surface area contributed by atoms with Crippen molar-refractivity contribution in [1.82, 2.24) is 4.90 Å². The molecule has 0 spiro atoms. The third-order valence-electron chi connectivity index (χ3n) is 3.50. The summed E-state index contributed by atoms with van der Waals surface area (Å²) in [4.78, 5) is 18.6. The SMILES string of the molecule is CCOC(=O)CCCN(C)Cc1cc([NH2+]OC)cc(OC)c1OC. The zero-order chi connectivity index (χ0) is 17.9. The van der Waals surface area contributed by atoms with Crippen LogP contribution in [-0.2, 0) is 20.9 Å². The summed E-state index contributed by atoms with van der Waals surface area (Å²) >= 11 is 0. The molecule has 0 bridgehead atoms. The van der Waals surface area contributed by atoms with Crippen LogP contribution in [0.15, 0.2) is 12.1 Å². The number of rotatable bonds is 11. The van der Waals surface area contributed by atoms with E-state index in [1.54, 1.807) is 26.8 Å². The first kappa shape index (κ1) is 20.2. The van der Waals surface area contributed by atoms with E-state index < -0.39 is 0 Å². The van der Waals surface area contributed by atoms with Gasteiger partial charge in [0.05, 0.1) is 27.9 Å². The molecule has 0 radical (unpaired) electrons. The number of carbonyl (C=O) groups is 1. The molecule has 2 N–H and O–H groups in total. The van der Waals surface area contributed by atoms with Gasteiger partial charge in [-0.25, -0.2) is 4.84 Å². The molecule has 1 rings (SSSR count). The number of nitrogens with two attached hydrogens (primary N) is 1. The monoisotopic (exact) mass is 341 g/mol. The summed E-state index contributed by atoms with van der Waals surface area (Å²) in [6.07, 6.45) is 1.18. The second-order valence-electron chi connectivity index (χ2n) is 5.42. The maximum atomic E-state index is 11.4. The van der Waals surface area contributed by atoms with Crippen LogP contribution in [0.2, 0.25) is 0 Å². The Morgan fingerprint density at radius 2 is 1.96 bits per heavy atom. The molecule has 24 heavy (non-hydrogen) atoms. The number of methoxy groups -OCH3 is 2. The third kappa shape index (κ3) is 6.35. The van der Waals surface area contributed by atoms with Crippen LogP contribution in [-0.4, -0.2) is 52.4 Å². The van der Waals surface area contributed by atoms with E-state index >= 15 is 0 Å². The molecule has 0 aliphatic heterocycles. The maximum absolute atomic E-state index is 11.4. The van der Waals surface area contributed by atoms with Gasteiger partial charge in [-0.3, -0.25) is 4.79 Å². The van der Waals surface area contributed by atoms with E-state index in [4.69, 9.17) is 19.0 Å². The lowest BCUT2D eigenvalue weighted by Crippen LogP contribution is -2.75. The van der Waals surface area contributed by atoms with Crippen molar-refractivity contribution in [1.29, 1.82) is 0 Å². The van der Waals surface area contributed by atoms with Gasteiger partial charge in [-0.05, 0) is 26.9 Å². The highest BCUT2D eigenvalue weighted by Crippen LogP contribution is 2.34. The Balaban J connectivity index is 2.73. The molecular weight excluding hydrogens is 312 g/mol. The molecule has 0 saturated heterocycles. The first-order valence-corrected chi connectivity index (χ1v) is 8.00. The van der Waals surface area contributed by atoms with Crippen molar-refractivity contribution in [3.63, 3.8) is 0 Å². The number of hydrogen-bond acceptors (Lipinski definition) is 6. The molecule has 136 valence electrons. The van der Waals surface area contributed by atoms with Gasteiger partial charge in [0.2, 0.25) is 0 Å². The second-order valence-corrected chi connectivity index (χ2v) is 5.42. The highest BCUT2D eigenvalue weighted by Gasteiger charge is 2.16. The van der Waals surface area contributed by atoms with Crippen LogP contribution >= 0.6 is 0 Å². The van der Waals surface area contributed by atoms with Crippen molar-refractivity contribution < 1.29 is 29.3 Å². The number of ether oxygens (including phenoxy) is 3. The molecule has 0 fully saturated rings. The van der Waals surface area contributed by atoms with Gasteiger partial charge in [0.15, 0.2) is 17.2 Å². The molecular formula is C17H29N2O5+. The van der Waals surface area contributed by atoms with Crippen molar-refractivity contribution >= 4 is 11.7 Å². The summed E-state index contributed by atoms with van der Waals surface area (Å²) in [5, 5.41) is 0. The molecule has 0 aliphatic rings. The Labute approximate surface area is 143 Å². The third-order valence-corrected chi connectivity index (χ3v) is 3.50. The Hall–Kier alpha value is -1.83. The second kappa shape index (κ2) is 10.9. The molecule has 0 aromatic heterocycles. The lowest BCUT2D eigenvalue weighted by Gasteiger charge is -2.19. The van der Waals surface area contributed by atoms with E-state index in [-0.39, 0.29) is 5.97 Å². The van der Waals surface area contributed by atoms with Crippen molar-refractivity contribution in [2.24, 2.45) is 0 Å². The number of hydrogen-bond donors (Lipinski definition) is 1. The first-order chi connectivity index (χ1) is 11.5. The normalized spacial score (nSPS) is 10.8. The number of quaternary nitrogens is 1. The Bertz CT molecular complexity index is 522. The highest BCUT2D eigenvalue weighted by atomic mass is 16.6. The number of esters is 1. The van der Waals surface area contributed by atoms with E-state index in [0.29, 0.717) is 31.1 Å². The Morgan fingerprint density at radius 3 is 2.54 bits per heavy atom. The predicted molar refractivity (Wildman–Crippen MR) is 90.3 cm³/mol. The van der Waals surface area contributed by atoms with Gasteiger partial charge in [0.25, 0.3) is 0 Å². The van der Waals surface area contributed by atoms with Crippen LogP contribution in [0, 0.1) is 0 Å². The van der Waals surface area contributed by atoms with Crippen LogP contribution in [0.5, 0.6) is 11.5 Å². The van der Waals surface area contributed by atoms with E-state index in [0.717, 1.165) is 24.2 Å². The summed E-state index contributed by atoms with van der Waals surface area (Å²) in [7, 11) is 6.85. The van der Waals surface area contributed by atoms with Gasteiger partial charge in [-0.15, -0.1) is 0 Å². The van der Waals surface area contributed by atoms with Crippen LogP contribution in [0.4, 0.5) is 5.69 Å². The molecule has 7 nitrogen and oxygen atoms in total. The molecule has 7 heteroatoms. The topological polar surface area (TPSA) is 73.8 Å². The van der Waals surface area contributed by atoms with Gasteiger partial charge < -0.3 is 19.1 Å². The fourth-order valence-corrected chi connectivity index (χ4v) is 2.48. The fraction of sp³-hybridized carbons (Fsp3) is 0.588. The predicted octanol–water partition coefficient (Wildman–Crippen LogP) is 1.24. The van der Waals surface area contributed by atoms with Crippen LogP contribution in [0.3, 0.4) is 0 Å². The summed E-state index contributed by atoms with van der Waals surface area (Å²) in [6, 6.07) is 3.87. The van der Waals surface area contributed by atoms with Gasteiger partial charge in [0, 0.05) is 30.7 Å². The highest BCUT2D eigenvalue weighted by molar-refractivity contribution is 5.69. The minimum Gasteiger partial charge on any atom is -0.493 e. The molecule has 0 atom stereocenters. The van der Waals surface area contributed by atoms with E-state index in [2.05, 4.69) is 4.90 Å². The molecule has 0 unspecified atom stereocenters. The van der Waals surface area contributed by atoms with Crippen molar-refractivity contribution in [3.05, 3.63) is 17.7 Å². The number of carbonyl (C=O) groups excluding carboxylic acids is 1. The van der Waals surface area contributed by atoms with Gasteiger partial charge >= 0.3 is 5.97 Å². The zero-order valence-electron chi connectivity index (χ0n) is 15.3. The molecule has 0 amide bonds. The van der Waals surface area contributed by atoms with Gasteiger partial charge in [0.1, 0.15) is 0 Å².